The second-order valence-corrected chi connectivity index (χ2v) is 7.54. The van der Waals surface area contributed by atoms with Gasteiger partial charge in [-0.1, -0.05) is 84.0 Å². The van der Waals surface area contributed by atoms with Gasteiger partial charge in [-0.15, -0.1) is 0 Å². The Balaban J connectivity index is 1.66. The standard InChI is InChI=1S/C22H23ClN4OS/c1-29-22-26-19(23)18(20(27-22)25-15-17-11-6-3-7-12-17)21(28)24-14-8-13-16-9-4-2-5-10-16/h2-7,9-12H,8,13-15H2,1H3,(H,24,28)(H,25,26,27). The van der Waals surface area contributed by atoms with Crippen LogP contribution in [0.4, 0.5) is 5.82 Å². The molecule has 3 aromatic rings. The Kier molecular flexibility index (Phi) is 7.90. The fourth-order valence-electron chi connectivity index (χ4n) is 2.84. The Hall–Kier alpha value is -2.57. The zero-order valence-electron chi connectivity index (χ0n) is 16.2. The van der Waals surface area contributed by atoms with Gasteiger partial charge in [-0.25, -0.2) is 9.97 Å². The molecule has 7 heteroatoms. The van der Waals surface area contributed by atoms with Crippen molar-refractivity contribution in [2.45, 2.75) is 24.5 Å². The lowest BCUT2D eigenvalue weighted by molar-refractivity contribution is 0.0953. The number of halogens is 1. The highest BCUT2D eigenvalue weighted by Crippen LogP contribution is 2.25. The normalized spacial score (nSPS) is 10.6. The van der Waals surface area contributed by atoms with Crippen LogP contribution in [0.25, 0.3) is 0 Å². The highest BCUT2D eigenvalue weighted by atomic mass is 35.5. The number of anilines is 1. The summed E-state index contributed by atoms with van der Waals surface area (Å²) in [7, 11) is 0. The maximum Gasteiger partial charge on any atom is 0.258 e. The minimum Gasteiger partial charge on any atom is -0.365 e. The molecule has 1 heterocycles. The maximum atomic E-state index is 12.8. The van der Waals surface area contributed by atoms with Crippen LogP contribution >= 0.6 is 23.4 Å². The van der Waals surface area contributed by atoms with Gasteiger partial charge in [-0.3, -0.25) is 4.79 Å². The van der Waals surface area contributed by atoms with Crippen LogP contribution in [0.15, 0.2) is 65.8 Å². The third-order valence-electron chi connectivity index (χ3n) is 4.33. The summed E-state index contributed by atoms with van der Waals surface area (Å²) in [6, 6.07) is 20.1. The van der Waals surface area contributed by atoms with E-state index in [2.05, 4.69) is 32.7 Å². The van der Waals surface area contributed by atoms with Crippen LogP contribution in [-0.2, 0) is 13.0 Å². The van der Waals surface area contributed by atoms with Gasteiger partial charge < -0.3 is 10.6 Å². The summed E-state index contributed by atoms with van der Waals surface area (Å²) in [5.41, 5.74) is 2.61. The molecule has 2 aromatic carbocycles. The largest absolute Gasteiger partial charge is 0.365 e. The van der Waals surface area contributed by atoms with Crippen molar-refractivity contribution in [3.63, 3.8) is 0 Å². The molecule has 3 rings (SSSR count). The third-order valence-corrected chi connectivity index (χ3v) is 5.15. The average Bonchev–Trinajstić information content (AvgIpc) is 2.76. The molecule has 0 fully saturated rings. The van der Waals surface area contributed by atoms with Crippen LogP contribution in [0.2, 0.25) is 5.15 Å². The summed E-state index contributed by atoms with van der Waals surface area (Å²) in [5, 5.41) is 6.84. The fraction of sp³-hybridized carbons (Fsp3) is 0.227. The molecule has 1 amide bonds. The third kappa shape index (κ3) is 6.21. The molecule has 150 valence electrons. The zero-order chi connectivity index (χ0) is 20.5. The number of amides is 1. The first kappa shape index (κ1) is 21.1. The number of benzene rings is 2. The molecular weight excluding hydrogens is 404 g/mol. The molecule has 0 saturated heterocycles. The minimum absolute atomic E-state index is 0.153. The molecule has 0 unspecified atom stereocenters. The van der Waals surface area contributed by atoms with E-state index in [1.54, 1.807) is 0 Å². The molecule has 29 heavy (non-hydrogen) atoms. The maximum absolute atomic E-state index is 12.8. The van der Waals surface area contributed by atoms with Crippen molar-refractivity contribution >= 4 is 35.1 Å². The second kappa shape index (κ2) is 10.8. The predicted octanol–water partition coefficient (Wildman–Crippen LogP) is 4.83. The predicted molar refractivity (Wildman–Crippen MR) is 120 cm³/mol. The lowest BCUT2D eigenvalue weighted by Gasteiger charge is -2.13. The molecule has 5 nitrogen and oxygen atoms in total. The first-order valence-corrected chi connectivity index (χ1v) is 11.0. The van der Waals surface area contributed by atoms with Crippen molar-refractivity contribution in [2.24, 2.45) is 0 Å². The highest BCUT2D eigenvalue weighted by Gasteiger charge is 2.20. The van der Waals surface area contributed by atoms with Gasteiger partial charge in [0.2, 0.25) is 0 Å². The van der Waals surface area contributed by atoms with Crippen molar-refractivity contribution in [1.29, 1.82) is 0 Å². The van der Waals surface area contributed by atoms with Gasteiger partial charge >= 0.3 is 0 Å². The van der Waals surface area contributed by atoms with E-state index in [0.717, 1.165) is 18.4 Å². The van der Waals surface area contributed by atoms with E-state index >= 15 is 0 Å². The average molecular weight is 427 g/mol. The Morgan fingerprint density at radius 2 is 1.66 bits per heavy atom. The van der Waals surface area contributed by atoms with E-state index in [9.17, 15) is 4.79 Å². The smallest absolute Gasteiger partial charge is 0.258 e. The topological polar surface area (TPSA) is 66.9 Å². The minimum atomic E-state index is -0.272. The SMILES string of the molecule is CSc1nc(Cl)c(C(=O)NCCCc2ccccc2)c(NCc2ccccc2)n1. The van der Waals surface area contributed by atoms with E-state index in [0.29, 0.717) is 24.1 Å². The number of hydrogen-bond donors (Lipinski definition) is 2. The van der Waals surface area contributed by atoms with Crippen LogP contribution in [0, 0.1) is 0 Å². The first-order valence-electron chi connectivity index (χ1n) is 9.39. The molecule has 0 radical (unpaired) electrons. The fourth-order valence-corrected chi connectivity index (χ4v) is 3.51. The molecule has 0 spiro atoms. The molecule has 1 aromatic heterocycles. The molecule has 0 aliphatic carbocycles. The molecule has 0 bridgehead atoms. The number of carbonyl (C=O) groups is 1. The lowest BCUT2D eigenvalue weighted by atomic mass is 10.1. The Labute approximate surface area is 180 Å². The van der Waals surface area contributed by atoms with E-state index in [-0.39, 0.29) is 16.6 Å². The van der Waals surface area contributed by atoms with Crippen molar-refractivity contribution < 1.29 is 4.79 Å². The highest BCUT2D eigenvalue weighted by molar-refractivity contribution is 7.98. The molecule has 0 aliphatic rings. The number of aryl methyl sites for hydroxylation is 1. The van der Waals surface area contributed by atoms with Crippen LogP contribution in [-0.4, -0.2) is 28.7 Å². The van der Waals surface area contributed by atoms with E-state index in [1.807, 2.05) is 54.8 Å². The summed E-state index contributed by atoms with van der Waals surface area (Å²) in [5.74, 6) is 0.171. The van der Waals surface area contributed by atoms with Gasteiger partial charge in [0, 0.05) is 13.1 Å². The number of nitrogens with one attached hydrogen (secondary N) is 2. The van der Waals surface area contributed by atoms with Crippen LogP contribution in [0.1, 0.15) is 27.9 Å². The summed E-state index contributed by atoms with van der Waals surface area (Å²) >= 11 is 7.71. The first-order chi connectivity index (χ1) is 14.2. The molecule has 2 N–H and O–H groups in total. The number of thioether (sulfide) groups is 1. The van der Waals surface area contributed by atoms with Gasteiger partial charge in [-0.05, 0) is 30.2 Å². The number of nitrogens with zero attached hydrogens (tertiary/aromatic N) is 2. The van der Waals surface area contributed by atoms with E-state index in [4.69, 9.17) is 11.6 Å². The number of rotatable bonds is 9. The molecular formula is C22H23ClN4OS. The number of hydrogen-bond acceptors (Lipinski definition) is 5. The lowest BCUT2D eigenvalue weighted by Crippen LogP contribution is -2.27. The molecule has 0 atom stereocenters. The van der Waals surface area contributed by atoms with Crippen molar-refractivity contribution in [3.05, 3.63) is 82.5 Å². The van der Waals surface area contributed by atoms with Crippen LogP contribution in [0.3, 0.4) is 0 Å². The summed E-state index contributed by atoms with van der Waals surface area (Å²) in [6.45, 7) is 1.09. The van der Waals surface area contributed by atoms with Crippen molar-refractivity contribution in [3.8, 4) is 0 Å². The molecule has 0 aliphatic heterocycles. The van der Waals surface area contributed by atoms with E-state index in [1.165, 1.54) is 17.3 Å². The zero-order valence-corrected chi connectivity index (χ0v) is 17.8. The van der Waals surface area contributed by atoms with Gasteiger partial charge in [0.1, 0.15) is 16.5 Å². The number of carbonyl (C=O) groups excluding carboxylic acids is 1. The second-order valence-electron chi connectivity index (χ2n) is 6.41. The van der Waals surface area contributed by atoms with Crippen molar-refractivity contribution in [1.82, 2.24) is 15.3 Å². The van der Waals surface area contributed by atoms with Gasteiger partial charge in [0.05, 0.1) is 0 Å². The Morgan fingerprint density at radius 3 is 2.31 bits per heavy atom. The number of aromatic nitrogens is 2. The van der Waals surface area contributed by atoms with Gasteiger partial charge in [-0.2, -0.15) is 0 Å². The summed E-state index contributed by atoms with van der Waals surface area (Å²) < 4.78 is 0. The quantitative estimate of drug-likeness (QED) is 0.222. The summed E-state index contributed by atoms with van der Waals surface area (Å²) in [4.78, 5) is 21.5. The monoisotopic (exact) mass is 426 g/mol. The molecule has 0 saturated carbocycles. The van der Waals surface area contributed by atoms with E-state index < -0.39 is 0 Å². The van der Waals surface area contributed by atoms with Gasteiger partial charge in [0.25, 0.3) is 5.91 Å². The van der Waals surface area contributed by atoms with Crippen molar-refractivity contribution in [2.75, 3.05) is 18.1 Å². The van der Waals surface area contributed by atoms with Crippen LogP contribution in [0.5, 0.6) is 0 Å². The Morgan fingerprint density at radius 1 is 1.00 bits per heavy atom. The van der Waals surface area contributed by atoms with Gasteiger partial charge in [0.15, 0.2) is 5.16 Å². The summed E-state index contributed by atoms with van der Waals surface area (Å²) in [6.07, 6.45) is 3.61. The van der Waals surface area contributed by atoms with Crippen LogP contribution < -0.4 is 10.6 Å². The Bertz CT molecular complexity index is 938.